The molecule has 0 aromatic heterocycles. The smallest absolute Gasteiger partial charge is 0.411 e. The summed E-state index contributed by atoms with van der Waals surface area (Å²) < 4.78 is 20.9. The van der Waals surface area contributed by atoms with Crippen LogP contribution in [0.2, 0.25) is 0 Å². The van der Waals surface area contributed by atoms with E-state index in [1.54, 1.807) is 38.5 Å². The van der Waals surface area contributed by atoms with Gasteiger partial charge >= 0.3 is 6.09 Å². The Morgan fingerprint density at radius 2 is 1.69 bits per heavy atom. The lowest BCUT2D eigenvalue weighted by Crippen LogP contribution is -2.43. The van der Waals surface area contributed by atoms with E-state index in [2.05, 4.69) is 20.3 Å². The number of hydrogen-bond donors (Lipinski definition) is 2. The van der Waals surface area contributed by atoms with Gasteiger partial charge in [0.2, 0.25) is 0 Å². The number of nitrogens with zero attached hydrogens (tertiary/aromatic N) is 1. The molecule has 0 radical (unpaired) electrons. The highest BCUT2D eigenvalue weighted by molar-refractivity contribution is 5.95. The molecule has 9 nitrogen and oxygen atoms in total. The van der Waals surface area contributed by atoms with Crippen LogP contribution in [0.3, 0.4) is 0 Å². The highest BCUT2D eigenvalue weighted by Gasteiger charge is 2.24. The topological polar surface area (TPSA) is 98.4 Å². The van der Waals surface area contributed by atoms with Gasteiger partial charge in [-0.2, -0.15) is 0 Å². The molecule has 1 fully saturated rings. The fraction of sp³-hybridized carbons (Fsp3) is 0.391. The number of amides is 2. The van der Waals surface area contributed by atoms with Crippen LogP contribution in [0.4, 0.5) is 10.5 Å². The third-order valence-electron chi connectivity index (χ3n) is 5.31. The van der Waals surface area contributed by atoms with Gasteiger partial charge in [-0.1, -0.05) is 6.07 Å². The van der Waals surface area contributed by atoms with Crippen molar-refractivity contribution < 1.29 is 28.5 Å². The largest absolute Gasteiger partial charge is 0.493 e. The normalized spacial score (nSPS) is 14.8. The molecule has 1 aliphatic rings. The van der Waals surface area contributed by atoms with Crippen molar-refractivity contribution in [2.75, 3.05) is 59.5 Å². The number of carbonyl (C=O) groups is 2. The van der Waals surface area contributed by atoms with Crippen molar-refractivity contribution in [3.05, 3.63) is 53.6 Å². The maximum Gasteiger partial charge on any atom is 0.411 e. The molecule has 32 heavy (non-hydrogen) atoms. The lowest BCUT2D eigenvalue weighted by molar-refractivity contribution is 0.0162. The van der Waals surface area contributed by atoms with E-state index in [0.29, 0.717) is 42.5 Å². The second kappa shape index (κ2) is 11.4. The summed E-state index contributed by atoms with van der Waals surface area (Å²) in [6.45, 7) is 3.24. The Labute approximate surface area is 187 Å². The van der Waals surface area contributed by atoms with Gasteiger partial charge < -0.3 is 24.3 Å². The Balaban J connectivity index is 1.72. The minimum Gasteiger partial charge on any atom is -0.493 e. The van der Waals surface area contributed by atoms with Gasteiger partial charge in [-0.05, 0) is 42.0 Å². The fourth-order valence-electron chi connectivity index (χ4n) is 3.57. The molecule has 1 aliphatic heterocycles. The van der Waals surface area contributed by atoms with E-state index < -0.39 is 6.09 Å². The van der Waals surface area contributed by atoms with Crippen molar-refractivity contribution in [1.82, 2.24) is 10.2 Å². The Hall–Kier alpha value is -3.30. The van der Waals surface area contributed by atoms with Crippen LogP contribution < -0.4 is 20.1 Å². The number of benzene rings is 2. The molecular weight excluding hydrogens is 414 g/mol. The molecule has 1 saturated heterocycles. The average Bonchev–Trinajstić information content (AvgIpc) is 2.84. The summed E-state index contributed by atoms with van der Waals surface area (Å²) in [5, 5.41) is 5.59. The van der Waals surface area contributed by atoms with Gasteiger partial charge in [0, 0.05) is 30.9 Å². The molecule has 0 spiro atoms. The fourth-order valence-corrected chi connectivity index (χ4v) is 3.57. The SMILES string of the molecule is COC(=O)Nc1ccc(C(=O)NCC(c2ccc(OC)c(OC)c2)N2CCOCC2)cc1. The third-order valence-corrected chi connectivity index (χ3v) is 5.31. The lowest BCUT2D eigenvalue weighted by Gasteiger charge is -2.35. The number of morpholine rings is 1. The van der Waals surface area contributed by atoms with Crippen LogP contribution in [-0.2, 0) is 9.47 Å². The summed E-state index contributed by atoms with van der Waals surface area (Å²) >= 11 is 0. The van der Waals surface area contributed by atoms with E-state index in [0.717, 1.165) is 18.7 Å². The Morgan fingerprint density at radius 3 is 2.31 bits per heavy atom. The number of carbonyl (C=O) groups excluding carboxylic acids is 2. The number of nitrogens with one attached hydrogen (secondary N) is 2. The maximum absolute atomic E-state index is 12.8. The quantitative estimate of drug-likeness (QED) is 0.647. The third kappa shape index (κ3) is 5.89. The van der Waals surface area contributed by atoms with Crippen molar-refractivity contribution in [1.29, 1.82) is 0 Å². The number of ether oxygens (including phenoxy) is 4. The average molecular weight is 444 g/mol. The van der Waals surface area contributed by atoms with Crippen molar-refractivity contribution in [2.24, 2.45) is 0 Å². The first-order valence-electron chi connectivity index (χ1n) is 10.3. The molecule has 1 atom stereocenters. The minimum absolute atomic E-state index is 0.0529. The summed E-state index contributed by atoms with van der Waals surface area (Å²) in [5.74, 6) is 1.10. The molecule has 9 heteroatoms. The monoisotopic (exact) mass is 443 g/mol. The van der Waals surface area contributed by atoms with E-state index in [9.17, 15) is 9.59 Å². The number of rotatable bonds is 8. The van der Waals surface area contributed by atoms with Crippen LogP contribution in [0, 0.1) is 0 Å². The standard InChI is InChI=1S/C23H29N3O6/c1-29-20-9-6-17(14-21(20)30-2)19(26-10-12-32-13-11-26)15-24-22(27)16-4-7-18(8-5-16)25-23(28)31-3/h4-9,14,19H,10-13,15H2,1-3H3,(H,24,27)(H,25,28). The van der Waals surface area contributed by atoms with Gasteiger partial charge in [0.05, 0.1) is 40.6 Å². The minimum atomic E-state index is -0.564. The van der Waals surface area contributed by atoms with Gasteiger partial charge in [-0.3, -0.25) is 15.0 Å². The predicted octanol–water partition coefficient (Wildman–Crippen LogP) is 2.69. The van der Waals surface area contributed by atoms with Crippen molar-refractivity contribution in [3.8, 4) is 11.5 Å². The van der Waals surface area contributed by atoms with Crippen molar-refractivity contribution >= 4 is 17.7 Å². The second-order valence-electron chi connectivity index (χ2n) is 7.18. The molecule has 2 aromatic rings. The van der Waals surface area contributed by atoms with Crippen LogP contribution in [-0.4, -0.2) is 71.1 Å². The van der Waals surface area contributed by atoms with E-state index in [4.69, 9.17) is 14.2 Å². The van der Waals surface area contributed by atoms with E-state index in [1.807, 2.05) is 18.2 Å². The van der Waals surface area contributed by atoms with Crippen LogP contribution in [0.5, 0.6) is 11.5 Å². The van der Waals surface area contributed by atoms with Crippen LogP contribution in [0.15, 0.2) is 42.5 Å². The molecular formula is C23H29N3O6. The molecule has 0 saturated carbocycles. The van der Waals surface area contributed by atoms with Gasteiger partial charge in [0.15, 0.2) is 11.5 Å². The Kier molecular flexibility index (Phi) is 8.29. The molecule has 1 heterocycles. The van der Waals surface area contributed by atoms with Gasteiger partial charge in [-0.25, -0.2) is 4.79 Å². The van der Waals surface area contributed by atoms with Crippen LogP contribution >= 0.6 is 0 Å². The highest BCUT2D eigenvalue weighted by Crippen LogP contribution is 2.32. The second-order valence-corrected chi connectivity index (χ2v) is 7.18. The predicted molar refractivity (Wildman–Crippen MR) is 119 cm³/mol. The summed E-state index contributed by atoms with van der Waals surface area (Å²) in [6.07, 6.45) is -0.564. The van der Waals surface area contributed by atoms with Gasteiger partial charge in [0.1, 0.15) is 0 Å². The highest BCUT2D eigenvalue weighted by atomic mass is 16.5. The molecule has 1 unspecified atom stereocenters. The summed E-state index contributed by atoms with van der Waals surface area (Å²) in [4.78, 5) is 26.4. The summed E-state index contributed by atoms with van der Waals surface area (Å²) in [7, 11) is 4.50. The van der Waals surface area contributed by atoms with Gasteiger partial charge in [-0.15, -0.1) is 0 Å². The first kappa shape index (κ1) is 23.4. The first-order chi connectivity index (χ1) is 15.5. The molecule has 0 bridgehead atoms. The molecule has 2 amide bonds. The molecule has 2 aromatic carbocycles. The van der Waals surface area contributed by atoms with Crippen molar-refractivity contribution in [3.63, 3.8) is 0 Å². The number of anilines is 1. The zero-order valence-electron chi connectivity index (χ0n) is 18.6. The van der Waals surface area contributed by atoms with E-state index >= 15 is 0 Å². The Bertz CT molecular complexity index is 912. The number of methoxy groups -OCH3 is 3. The first-order valence-corrected chi connectivity index (χ1v) is 10.3. The summed E-state index contributed by atoms with van der Waals surface area (Å²) in [6, 6.07) is 12.4. The van der Waals surface area contributed by atoms with Crippen LogP contribution in [0.1, 0.15) is 22.0 Å². The zero-order valence-corrected chi connectivity index (χ0v) is 18.6. The summed E-state index contributed by atoms with van der Waals surface area (Å²) in [5.41, 5.74) is 2.06. The molecule has 3 rings (SSSR count). The number of hydrogen-bond acceptors (Lipinski definition) is 7. The van der Waals surface area contributed by atoms with Crippen LogP contribution in [0.25, 0.3) is 0 Å². The maximum atomic E-state index is 12.8. The Morgan fingerprint density at radius 1 is 1.00 bits per heavy atom. The lowest BCUT2D eigenvalue weighted by atomic mass is 10.0. The van der Waals surface area contributed by atoms with E-state index in [-0.39, 0.29) is 11.9 Å². The van der Waals surface area contributed by atoms with Gasteiger partial charge in [0.25, 0.3) is 5.91 Å². The molecule has 172 valence electrons. The van der Waals surface area contributed by atoms with E-state index in [1.165, 1.54) is 7.11 Å². The van der Waals surface area contributed by atoms with Crippen molar-refractivity contribution in [2.45, 2.75) is 6.04 Å². The molecule has 2 N–H and O–H groups in total. The molecule has 0 aliphatic carbocycles. The zero-order chi connectivity index (χ0) is 22.9.